The Morgan fingerprint density at radius 3 is 2.53 bits per heavy atom. The fourth-order valence-corrected chi connectivity index (χ4v) is 1.23. The van der Waals surface area contributed by atoms with Gasteiger partial charge >= 0.3 is 0 Å². The first-order chi connectivity index (χ1) is 7.45. The van der Waals surface area contributed by atoms with Crippen molar-refractivity contribution in [1.29, 1.82) is 0 Å². The Hall–Kier alpha value is -1.80. The van der Waals surface area contributed by atoms with Crippen molar-refractivity contribution in [3.05, 3.63) is 66.2 Å². The molecule has 2 rings (SSSR count). The van der Waals surface area contributed by atoms with Crippen molar-refractivity contribution in [2.24, 2.45) is 0 Å². The third-order valence-electron chi connectivity index (χ3n) is 1.97. The summed E-state index contributed by atoms with van der Waals surface area (Å²) in [6, 6.07) is 20.6. The first-order valence-corrected chi connectivity index (χ1v) is 4.83. The average molecular weight is 198 g/mol. The van der Waals surface area contributed by atoms with E-state index in [0.29, 0.717) is 6.61 Å². The monoisotopic (exact) mass is 198 g/mol. The molecule has 0 aliphatic rings. The fourth-order valence-electron chi connectivity index (χ4n) is 1.23. The molecule has 0 bridgehead atoms. The summed E-state index contributed by atoms with van der Waals surface area (Å²) in [5, 5.41) is 0. The molecular weight excluding hydrogens is 186 g/mol. The number of hydrogen-bond acceptors (Lipinski definition) is 2. The molecule has 0 aliphatic carbocycles. The Kier molecular flexibility index (Phi) is 3.36. The molecule has 2 aromatic rings. The highest BCUT2D eigenvalue weighted by Crippen LogP contribution is 2.06. The molecule has 0 unspecified atom stereocenters. The van der Waals surface area contributed by atoms with Gasteiger partial charge in [0.15, 0.2) is 0 Å². The van der Waals surface area contributed by atoms with Gasteiger partial charge in [-0.05, 0) is 11.6 Å². The molecule has 0 aliphatic heterocycles. The van der Waals surface area contributed by atoms with Crippen LogP contribution in [0.25, 0.3) is 0 Å². The zero-order valence-electron chi connectivity index (χ0n) is 8.31. The molecule has 0 saturated carbocycles. The van der Waals surface area contributed by atoms with E-state index >= 15 is 0 Å². The van der Waals surface area contributed by atoms with Gasteiger partial charge in [-0.3, -0.25) is 10.3 Å². The van der Waals surface area contributed by atoms with Gasteiger partial charge in [0, 0.05) is 6.07 Å². The molecule has 0 atom stereocenters. The Balaban J connectivity index is 1.81. The summed E-state index contributed by atoms with van der Waals surface area (Å²) in [7, 11) is 0. The third-order valence-corrected chi connectivity index (χ3v) is 1.97. The van der Waals surface area contributed by atoms with Crippen LogP contribution >= 0.6 is 0 Å². The smallest absolute Gasteiger partial charge is 0.0996 e. The van der Waals surface area contributed by atoms with Crippen molar-refractivity contribution < 1.29 is 4.84 Å². The molecule has 0 saturated heterocycles. The molecule has 0 spiro atoms. The molecule has 1 N–H and O–H groups in total. The van der Waals surface area contributed by atoms with Gasteiger partial charge in [-0.2, -0.15) is 0 Å². The van der Waals surface area contributed by atoms with Gasteiger partial charge in [-0.25, -0.2) is 0 Å². The van der Waals surface area contributed by atoms with E-state index in [1.807, 2.05) is 54.6 Å². The zero-order valence-corrected chi connectivity index (χ0v) is 8.31. The van der Waals surface area contributed by atoms with E-state index in [2.05, 4.69) is 11.5 Å². The summed E-state index contributed by atoms with van der Waals surface area (Å²) in [6.45, 7) is 0.545. The summed E-state index contributed by atoms with van der Waals surface area (Å²) in [6.07, 6.45) is 0. The first-order valence-electron chi connectivity index (χ1n) is 4.83. The molecule has 15 heavy (non-hydrogen) atoms. The van der Waals surface area contributed by atoms with Crippen molar-refractivity contribution >= 4 is 5.69 Å². The lowest BCUT2D eigenvalue weighted by Crippen LogP contribution is -2.00. The largest absolute Gasteiger partial charge is 0.271 e. The Labute approximate surface area is 89.5 Å². The van der Waals surface area contributed by atoms with Gasteiger partial charge in [0.25, 0.3) is 0 Å². The molecule has 0 heterocycles. The second-order valence-corrected chi connectivity index (χ2v) is 3.15. The minimum absolute atomic E-state index is 0.545. The maximum Gasteiger partial charge on any atom is 0.0996 e. The molecule has 0 aromatic heterocycles. The van der Waals surface area contributed by atoms with E-state index in [9.17, 15) is 0 Å². The lowest BCUT2D eigenvalue weighted by atomic mass is 10.2. The maximum atomic E-state index is 5.32. The Bertz CT molecular complexity index is 346. The number of para-hydroxylation sites is 1. The SMILES string of the molecule is [c]1ccccc1NOCc1ccccc1. The van der Waals surface area contributed by atoms with Crippen LogP contribution in [0.1, 0.15) is 5.56 Å². The second-order valence-electron chi connectivity index (χ2n) is 3.15. The molecule has 75 valence electrons. The number of rotatable bonds is 4. The van der Waals surface area contributed by atoms with E-state index in [0.717, 1.165) is 11.3 Å². The van der Waals surface area contributed by atoms with Gasteiger partial charge < -0.3 is 0 Å². The first kappa shape index (κ1) is 9.74. The highest BCUT2D eigenvalue weighted by atomic mass is 16.6. The van der Waals surface area contributed by atoms with Crippen molar-refractivity contribution in [3.63, 3.8) is 0 Å². The molecular formula is C13H12NO. The Morgan fingerprint density at radius 2 is 1.80 bits per heavy atom. The molecule has 2 heteroatoms. The number of anilines is 1. The van der Waals surface area contributed by atoms with Gasteiger partial charge in [-0.1, -0.05) is 48.5 Å². The standard InChI is InChI=1S/C13H12NO/c1-3-7-12(8-4-1)11-15-14-13-9-5-2-6-10-13/h1-9,14H,11H2. The van der Waals surface area contributed by atoms with Crippen molar-refractivity contribution in [1.82, 2.24) is 0 Å². The van der Waals surface area contributed by atoms with Crippen LogP contribution in [-0.4, -0.2) is 0 Å². The predicted octanol–water partition coefficient (Wildman–Crippen LogP) is 3.03. The van der Waals surface area contributed by atoms with Crippen LogP contribution in [0.15, 0.2) is 54.6 Å². The van der Waals surface area contributed by atoms with E-state index in [1.54, 1.807) is 0 Å². The van der Waals surface area contributed by atoms with Crippen LogP contribution in [0.5, 0.6) is 0 Å². The summed E-state index contributed by atoms with van der Waals surface area (Å²) in [5.41, 5.74) is 4.82. The highest BCUT2D eigenvalue weighted by molar-refractivity contribution is 5.38. The zero-order chi connectivity index (χ0) is 10.3. The number of nitrogens with one attached hydrogen (secondary N) is 1. The van der Waals surface area contributed by atoms with Crippen LogP contribution in [0.2, 0.25) is 0 Å². The summed E-state index contributed by atoms with van der Waals surface area (Å²) in [4.78, 5) is 5.32. The molecule has 0 fully saturated rings. The van der Waals surface area contributed by atoms with E-state index in [4.69, 9.17) is 4.84 Å². The van der Waals surface area contributed by atoms with Crippen LogP contribution < -0.4 is 5.48 Å². The van der Waals surface area contributed by atoms with E-state index in [1.165, 1.54) is 0 Å². The minimum atomic E-state index is 0.545. The van der Waals surface area contributed by atoms with Crippen molar-refractivity contribution in [2.45, 2.75) is 6.61 Å². The summed E-state index contributed by atoms with van der Waals surface area (Å²) < 4.78 is 0. The molecule has 1 radical (unpaired) electrons. The molecule has 2 nitrogen and oxygen atoms in total. The van der Waals surface area contributed by atoms with Gasteiger partial charge in [0.05, 0.1) is 12.3 Å². The normalized spacial score (nSPS) is 9.87. The van der Waals surface area contributed by atoms with Gasteiger partial charge in [-0.15, -0.1) is 0 Å². The quantitative estimate of drug-likeness (QED) is 0.762. The molecule has 2 aromatic carbocycles. The number of benzene rings is 2. The van der Waals surface area contributed by atoms with Gasteiger partial charge in [0.1, 0.15) is 0 Å². The summed E-state index contributed by atoms with van der Waals surface area (Å²) >= 11 is 0. The van der Waals surface area contributed by atoms with E-state index < -0.39 is 0 Å². The Morgan fingerprint density at radius 1 is 1.00 bits per heavy atom. The second kappa shape index (κ2) is 5.17. The fraction of sp³-hybridized carbons (Fsp3) is 0.0769. The van der Waals surface area contributed by atoms with Gasteiger partial charge in [0.2, 0.25) is 0 Å². The lowest BCUT2D eigenvalue weighted by molar-refractivity contribution is 0.180. The maximum absolute atomic E-state index is 5.32. The van der Waals surface area contributed by atoms with E-state index in [-0.39, 0.29) is 0 Å². The van der Waals surface area contributed by atoms with Crippen LogP contribution in [0, 0.1) is 6.07 Å². The highest BCUT2D eigenvalue weighted by Gasteiger charge is 1.92. The van der Waals surface area contributed by atoms with Crippen molar-refractivity contribution in [3.8, 4) is 0 Å². The van der Waals surface area contributed by atoms with Crippen LogP contribution in [0.3, 0.4) is 0 Å². The number of hydrogen-bond donors (Lipinski definition) is 1. The predicted molar refractivity (Wildman–Crippen MR) is 60.1 cm³/mol. The van der Waals surface area contributed by atoms with Crippen LogP contribution in [-0.2, 0) is 11.4 Å². The summed E-state index contributed by atoms with van der Waals surface area (Å²) in [5.74, 6) is 0. The average Bonchev–Trinajstić information content (AvgIpc) is 2.32. The topological polar surface area (TPSA) is 21.3 Å². The van der Waals surface area contributed by atoms with Crippen molar-refractivity contribution in [2.75, 3.05) is 5.48 Å². The lowest BCUT2D eigenvalue weighted by Gasteiger charge is -2.05. The minimum Gasteiger partial charge on any atom is -0.271 e. The van der Waals surface area contributed by atoms with Crippen LogP contribution in [0.4, 0.5) is 5.69 Å². The third kappa shape index (κ3) is 3.11. The molecule has 0 amide bonds.